The molecule has 1 unspecified atom stereocenters. The van der Waals surface area contributed by atoms with Crippen LogP contribution in [0.25, 0.3) is 10.8 Å². The summed E-state index contributed by atoms with van der Waals surface area (Å²) in [5.74, 6) is 1.84. The van der Waals surface area contributed by atoms with Gasteiger partial charge in [-0.1, -0.05) is 24.3 Å². The van der Waals surface area contributed by atoms with Crippen LogP contribution in [0.3, 0.4) is 0 Å². The maximum Gasteiger partial charge on any atom is 0.120 e. The van der Waals surface area contributed by atoms with E-state index in [1.54, 1.807) is 7.11 Å². The van der Waals surface area contributed by atoms with Crippen molar-refractivity contribution in [2.24, 2.45) is 0 Å². The van der Waals surface area contributed by atoms with E-state index in [-0.39, 0.29) is 12.4 Å². The lowest BCUT2D eigenvalue weighted by Gasteiger charge is -2.29. The van der Waals surface area contributed by atoms with Gasteiger partial charge in [0.2, 0.25) is 0 Å². The lowest BCUT2D eigenvalue weighted by molar-refractivity contribution is 0.142. The molecule has 1 saturated heterocycles. The number of rotatable bonds is 3. The Morgan fingerprint density at radius 2 is 1.50 bits per heavy atom. The zero-order valence-electron chi connectivity index (χ0n) is 12.5. The molecule has 4 heteroatoms. The predicted molar refractivity (Wildman–Crippen MR) is 91.2 cm³/mol. The van der Waals surface area contributed by atoms with Crippen molar-refractivity contribution in [3.63, 3.8) is 0 Å². The highest BCUT2D eigenvalue weighted by Crippen LogP contribution is 2.28. The third-order valence-electron chi connectivity index (χ3n) is 4.36. The molecule has 2 aliphatic rings. The molecule has 3 atom stereocenters. The first-order chi connectivity index (χ1) is 10.3. The van der Waals surface area contributed by atoms with Gasteiger partial charge in [0.15, 0.2) is 0 Å². The first-order valence-corrected chi connectivity index (χ1v) is 7.49. The lowest BCUT2D eigenvalue weighted by atomic mass is 10.0. The SMILES string of the molecule is COc1ccc2cc(OC3C[C@H]4C=C[C@@H](C3)N4)ccc2c1.Cl. The van der Waals surface area contributed by atoms with E-state index in [1.165, 1.54) is 10.8 Å². The molecule has 0 spiro atoms. The van der Waals surface area contributed by atoms with Gasteiger partial charge in [0.1, 0.15) is 17.6 Å². The van der Waals surface area contributed by atoms with Gasteiger partial charge in [-0.15, -0.1) is 12.4 Å². The van der Waals surface area contributed by atoms with Crippen LogP contribution in [-0.2, 0) is 0 Å². The first-order valence-electron chi connectivity index (χ1n) is 7.49. The molecule has 0 radical (unpaired) electrons. The minimum atomic E-state index is 0. The highest BCUT2D eigenvalue weighted by atomic mass is 35.5. The lowest BCUT2D eigenvalue weighted by Crippen LogP contribution is -2.43. The number of hydrogen-bond acceptors (Lipinski definition) is 3. The topological polar surface area (TPSA) is 30.5 Å². The van der Waals surface area contributed by atoms with Gasteiger partial charge in [0.05, 0.1) is 7.11 Å². The van der Waals surface area contributed by atoms with Crippen LogP contribution >= 0.6 is 12.4 Å². The van der Waals surface area contributed by atoms with Crippen molar-refractivity contribution < 1.29 is 9.47 Å². The number of halogens is 1. The standard InChI is InChI=1S/C18H19NO2.ClH/c1-20-16-6-2-13-9-17(7-3-12(13)8-16)21-18-10-14-4-5-15(11-18)19-14;/h2-9,14-15,18-19H,10-11H2,1H3;1H/t14-,15+,18?;. The van der Waals surface area contributed by atoms with Crippen LogP contribution in [0.4, 0.5) is 0 Å². The van der Waals surface area contributed by atoms with E-state index in [0.29, 0.717) is 18.2 Å². The van der Waals surface area contributed by atoms with E-state index in [0.717, 1.165) is 24.3 Å². The zero-order chi connectivity index (χ0) is 14.2. The molecule has 2 aromatic carbocycles. The van der Waals surface area contributed by atoms with Crippen molar-refractivity contribution in [1.82, 2.24) is 5.32 Å². The van der Waals surface area contributed by atoms with Crippen LogP contribution in [-0.4, -0.2) is 25.3 Å². The van der Waals surface area contributed by atoms with Crippen molar-refractivity contribution >= 4 is 23.2 Å². The number of hydrogen-bond donors (Lipinski definition) is 1. The smallest absolute Gasteiger partial charge is 0.120 e. The molecule has 0 aliphatic carbocycles. The van der Waals surface area contributed by atoms with Gasteiger partial charge in [-0.05, 0) is 35.0 Å². The van der Waals surface area contributed by atoms with Crippen molar-refractivity contribution in [3.05, 3.63) is 48.6 Å². The Kier molecular flexibility index (Phi) is 4.27. The molecule has 2 aromatic rings. The van der Waals surface area contributed by atoms with Crippen LogP contribution in [0.1, 0.15) is 12.8 Å². The van der Waals surface area contributed by atoms with Crippen molar-refractivity contribution in [1.29, 1.82) is 0 Å². The summed E-state index contributed by atoms with van der Waals surface area (Å²) >= 11 is 0. The van der Waals surface area contributed by atoms with Crippen LogP contribution < -0.4 is 14.8 Å². The Hall–Kier alpha value is -1.71. The number of ether oxygens (including phenoxy) is 2. The van der Waals surface area contributed by atoms with E-state index < -0.39 is 0 Å². The molecule has 1 N–H and O–H groups in total. The maximum absolute atomic E-state index is 6.19. The first kappa shape index (κ1) is 15.2. The van der Waals surface area contributed by atoms with E-state index in [4.69, 9.17) is 9.47 Å². The second-order valence-corrected chi connectivity index (χ2v) is 5.85. The van der Waals surface area contributed by atoms with Crippen LogP contribution in [0.15, 0.2) is 48.6 Å². The maximum atomic E-state index is 6.19. The minimum absolute atomic E-state index is 0. The summed E-state index contributed by atoms with van der Waals surface area (Å²) in [7, 11) is 1.69. The Bertz CT molecular complexity index is 687. The fourth-order valence-corrected chi connectivity index (χ4v) is 3.30. The molecular weight excluding hydrogens is 298 g/mol. The van der Waals surface area contributed by atoms with Gasteiger partial charge in [-0.2, -0.15) is 0 Å². The number of benzene rings is 2. The summed E-state index contributed by atoms with van der Waals surface area (Å²) in [5, 5.41) is 5.90. The summed E-state index contributed by atoms with van der Waals surface area (Å²) < 4.78 is 11.4. The molecule has 116 valence electrons. The molecular formula is C18H20ClNO2. The van der Waals surface area contributed by atoms with Crippen LogP contribution in [0.2, 0.25) is 0 Å². The molecule has 1 fully saturated rings. The average Bonchev–Trinajstić information content (AvgIpc) is 2.85. The summed E-state index contributed by atoms with van der Waals surface area (Å²) in [6.07, 6.45) is 6.93. The number of fused-ring (bicyclic) bond motifs is 3. The van der Waals surface area contributed by atoms with Gasteiger partial charge in [-0.25, -0.2) is 0 Å². The second kappa shape index (κ2) is 6.19. The van der Waals surface area contributed by atoms with Crippen molar-refractivity contribution in [2.45, 2.75) is 31.0 Å². The van der Waals surface area contributed by atoms with Crippen molar-refractivity contribution in [3.8, 4) is 11.5 Å². The summed E-state index contributed by atoms with van der Waals surface area (Å²) in [6, 6.07) is 13.4. The van der Waals surface area contributed by atoms with E-state index >= 15 is 0 Å². The fraction of sp³-hybridized carbons (Fsp3) is 0.333. The van der Waals surface area contributed by atoms with Gasteiger partial charge in [-0.3, -0.25) is 0 Å². The molecule has 4 rings (SSSR count). The second-order valence-electron chi connectivity index (χ2n) is 5.85. The van der Waals surface area contributed by atoms with E-state index in [2.05, 4.69) is 41.7 Å². The van der Waals surface area contributed by atoms with Crippen LogP contribution in [0, 0.1) is 0 Å². The summed E-state index contributed by atoms with van der Waals surface area (Å²) in [4.78, 5) is 0. The Morgan fingerprint density at radius 3 is 2.14 bits per heavy atom. The quantitative estimate of drug-likeness (QED) is 0.875. The molecule has 0 amide bonds. The molecule has 2 aliphatic heterocycles. The molecule has 0 saturated carbocycles. The van der Waals surface area contributed by atoms with E-state index in [1.807, 2.05) is 12.1 Å². The summed E-state index contributed by atoms with van der Waals surface area (Å²) in [5.41, 5.74) is 0. The number of nitrogens with one attached hydrogen (secondary N) is 1. The number of methoxy groups -OCH3 is 1. The Labute approximate surface area is 136 Å². The van der Waals surface area contributed by atoms with Gasteiger partial charge >= 0.3 is 0 Å². The highest BCUT2D eigenvalue weighted by Gasteiger charge is 2.30. The largest absolute Gasteiger partial charge is 0.497 e. The predicted octanol–water partition coefficient (Wildman–Crippen LogP) is 3.71. The number of piperidine rings is 1. The highest BCUT2D eigenvalue weighted by molar-refractivity contribution is 5.85. The third-order valence-corrected chi connectivity index (χ3v) is 4.36. The van der Waals surface area contributed by atoms with E-state index in [9.17, 15) is 0 Å². The fourth-order valence-electron chi connectivity index (χ4n) is 3.30. The normalized spacial score (nSPS) is 25.8. The minimum Gasteiger partial charge on any atom is -0.497 e. The molecule has 22 heavy (non-hydrogen) atoms. The summed E-state index contributed by atoms with van der Waals surface area (Å²) in [6.45, 7) is 0. The van der Waals surface area contributed by atoms with Gasteiger partial charge in [0, 0.05) is 24.9 Å². The molecule has 0 aromatic heterocycles. The van der Waals surface area contributed by atoms with Gasteiger partial charge < -0.3 is 14.8 Å². The zero-order valence-corrected chi connectivity index (χ0v) is 13.3. The Morgan fingerprint density at radius 1 is 0.909 bits per heavy atom. The van der Waals surface area contributed by atoms with Crippen molar-refractivity contribution in [2.75, 3.05) is 7.11 Å². The van der Waals surface area contributed by atoms with Crippen LogP contribution in [0.5, 0.6) is 11.5 Å². The van der Waals surface area contributed by atoms with Gasteiger partial charge in [0.25, 0.3) is 0 Å². The Balaban J connectivity index is 0.00000144. The molecule has 2 bridgehead atoms. The third kappa shape index (κ3) is 2.92. The monoisotopic (exact) mass is 317 g/mol. The molecule has 2 heterocycles. The molecule has 3 nitrogen and oxygen atoms in total. The average molecular weight is 318 g/mol.